The summed E-state index contributed by atoms with van der Waals surface area (Å²) < 4.78 is 0. The Morgan fingerprint density at radius 3 is 2.62 bits per heavy atom. The van der Waals surface area contributed by atoms with Crippen molar-refractivity contribution in [1.82, 2.24) is 19.9 Å². The highest BCUT2D eigenvalue weighted by Gasteiger charge is 2.24. The Balaban J connectivity index is 1.62. The third-order valence-electron chi connectivity index (χ3n) is 3.89. The molecule has 2 aromatic heterocycles. The van der Waals surface area contributed by atoms with Gasteiger partial charge in [-0.1, -0.05) is 0 Å². The number of nitrogens with zero attached hydrogens (tertiary/aromatic N) is 5. The van der Waals surface area contributed by atoms with Gasteiger partial charge in [0, 0.05) is 49.9 Å². The third kappa shape index (κ3) is 3.64. The van der Waals surface area contributed by atoms with E-state index in [2.05, 4.69) is 25.2 Å². The number of thiazole rings is 1. The monoisotopic (exact) mass is 346 g/mol. The maximum atomic E-state index is 12.6. The summed E-state index contributed by atoms with van der Waals surface area (Å²) in [5.74, 6) is 1.72. The fraction of sp³-hybridized carbons (Fsp3) is 0.500. The lowest BCUT2D eigenvalue weighted by atomic mass is 10.2. The number of hydrogen-bond acceptors (Lipinski definition) is 7. The molecule has 2 aromatic rings. The number of nitrogens with one attached hydrogen (secondary N) is 1. The van der Waals surface area contributed by atoms with Gasteiger partial charge in [-0.05, 0) is 20.8 Å². The van der Waals surface area contributed by atoms with Crippen LogP contribution in [0.3, 0.4) is 0 Å². The summed E-state index contributed by atoms with van der Waals surface area (Å²) in [7, 11) is 0. The zero-order valence-corrected chi connectivity index (χ0v) is 15.1. The maximum absolute atomic E-state index is 12.6. The zero-order valence-electron chi connectivity index (χ0n) is 14.2. The summed E-state index contributed by atoms with van der Waals surface area (Å²) in [4.78, 5) is 29.8. The van der Waals surface area contributed by atoms with E-state index in [1.807, 2.05) is 37.1 Å². The number of rotatable bonds is 4. The van der Waals surface area contributed by atoms with Crippen molar-refractivity contribution in [3.05, 3.63) is 28.7 Å². The standard InChI is InChI=1S/C16H22N6OS/c1-4-17-16-20-13(10-24-16)15(23)22-7-5-21(6-8-22)14-9-11(2)18-12(3)19-14/h9-10H,4-8H2,1-3H3,(H,17,20). The molecule has 0 saturated carbocycles. The number of aryl methyl sites for hydroxylation is 2. The molecule has 0 unspecified atom stereocenters. The van der Waals surface area contributed by atoms with Crippen LogP contribution in [0.25, 0.3) is 0 Å². The Morgan fingerprint density at radius 1 is 1.21 bits per heavy atom. The summed E-state index contributed by atoms with van der Waals surface area (Å²) >= 11 is 1.47. The molecule has 0 spiro atoms. The minimum Gasteiger partial charge on any atom is -0.362 e. The molecule has 1 aliphatic heterocycles. The molecule has 1 aliphatic rings. The van der Waals surface area contributed by atoms with Gasteiger partial charge in [0.15, 0.2) is 5.13 Å². The molecule has 1 fully saturated rings. The van der Waals surface area contributed by atoms with Crippen LogP contribution in [-0.2, 0) is 0 Å². The number of aromatic nitrogens is 3. The van der Waals surface area contributed by atoms with E-state index in [0.717, 1.165) is 42.1 Å². The molecule has 0 bridgehead atoms. The second-order valence-corrected chi connectivity index (χ2v) is 6.62. The number of hydrogen-bond donors (Lipinski definition) is 1. The zero-order chi connectivity index (χ0) is 17.1. The van der Waals surface area contributed by atoms with Gasteiger partial charge in [0.05, 0.1) is 0 Å². The van der Waals surface area contributed by atoms with Gasteiger partial charge in [0.25, 0.3) is 5.91 Å². The van der Waals surface area contributed by atoms with Gasteiger partial charge in [-0.2, -0.15) is 0 Å². The van der Waals surface area contributed by atoms with Crippen LogP contribution in [0.2, 0.25) is 0 Å². The van der Waals surface area contributed by atoms with E-state index in [1.54, 1.807) is 0 Å². The molecule has 0 atom stereocenters. The van der Waals surface area contributed by atoms with E-state index >= 15 is 0 Å². The Hall–Kier alpha value is -2.22. The topological polar surface area (TPSA) is 74.2 Å². The van der Waals surface area contributed by atoms with Crippen molar-refractivity contribution in [3.63, 3.8) is 0 Å². The van der Waals surface area contributed by atoms with E-state index in [9.17, 15) is 4.79 Å². The Labute approximate surface area is 145 Å². The van der Waals surface area contributed by atoms with Crippen molar-refractivity contribution in [2.75, 3.05) is 42.9 Å². The number of carbonyl (C=O) groups excluding carboxylic acids is 1. The van der Waals surface area contributed by atoms with Gasteiger partial charge in [0.1, 0.15) is 17.3 Å². The van der Waals surface area contributed by atoms with Gasteiger partial charge in [-0.25, -0.2) is 15.0 Å². The van der Waals surface area contributed by atoms with Gasteiger partial charge in [-0.15, -0.1) is 11.3 Å². The van der Waals surface area contributed by atoms with Crippen LogP contribution in [0.5, 0.6) is 0 Å². The summed E-state index contributed by atoms with van der Waals surface area (Å²) in [5.41, 5.74) is 1.49. The molecule has 8 heteroatoms. The van der Waals surface area contributed by atoms with Crippen LogP contribution in [0, 0.1) is 13.8 Å². The average molecular weight is 346 g/mol. The van der Waals surface area contributed by atoms with Crippen molar-refractivity contribution >= 4 is 28.2 Å². The van der Waals surface area contributed by atoms with E-state index in [-0.39, 0.29) is 5.91 Å². The molecule has 7 nitrogen and oxygen atoms in total. The van der Waals surface area contributed by atoms with Gasteiger partial charge in [0.2, 0.25) is 0 Å². The smallest absolute Gasteiger partial charge is 0.273 e. The van der Waals surface area contributed by atoms with Crippen LogP contribution in [-0.4, -0.2) is 58.5 Å². The highest BCUT2D eigenvalue weighted by atomic mass is 32.1. The molecule has 3 heterocycles. The maximum Gasteiger partial charge on any atom is 0.273 e. The van der Waals surface area contributed by atoms with E-state index < -0.39 is 0 Å². The SMILES string of the molecule is CCNc1nc(C(=O)N2CCN(c3cc(C)nc(C)n3)CC2)cs1. The van der Waals surface area contributed by atoms with Crippen LogP contribution in [0.4, 0.5) is 10.9 Å². The van der Waals surface area contributed by atoms with E-state index in [1.165, 1.54) is 11.3 Å². The highest BCUT2D eigenvalue weighted by Crippen LogP contribution is 2.19. The van der Waals surface area contributed by atoms with Gasteiger partial charge >= 0.3 is 0 Å². The molecule has 1 amide bonds. The molecule has 0 aliphatic carbocycles. The first-order chi connectivity index (χ1) is 11.6. The second kappa shape index (κ2) is 7.12. The summed E-state index contributed by atoms with van der Waals surface area (Å²) in [6.07, 6.45) is 0. The summed E-state index contributed by atoms with van der Waals surface area (Å²) in [6.45, 7) is 9.58. The minimum absolute atomic E-state index is 0.00472. The predicted octanol–water partition coefficient (Wildman–Crippen LogP) is 1.94. The molecular weight excluding hydrogens is 324 g/mol. The first-order valence-corrected chi connectivity index (χ1v) is 9.00. The van der Waals surface area contributed by atoms with Crippen molar-refractivity contribution in [2.24, 2.45) is 0 Å². The van der Waals surface area contributed by atoms with Crippen LogP contribution < -0.4 is 10.2 Å². The first kappa shape index (κ1) is 16.6. The molecule has 1 saturated heterocycles. The lowest BCUT2D eigenvalue weighted by Gasteiger charge is -2.35. The van der Waals surface area contributed by atoms with E-state index in [4.69, 9.17) is 0 Å². The quantitative estimate of drug-likeness (QED) is 0.912. The van der Waals surface area contributed by atoms with Crippen molar-refractivity contribution in [2.45, 2.75) is 20.8 Å². The normalized spacial score (nSPS) is 14.8. The highest BCUT2D eigenvalue weighted by molar-refractivity contribution is 7.13. The van der Waals surface area contributed by atoms with Crippen molar-refractivity contribution in [1.29, 1.82) is 0 Å². The molecule has 1 N–H and O–H groups in total. The van der Waals surface area contributed by atoms with Gasteiger partial charge in [-0.3, -0.25) is 4.79 Å². The second-order valence-electron chi connectivity index (χ2n) is 5.76. The Morgan fingerprint density at radius 2 is 1.96 bits per heavy atom. The first-order valence-electron chi connectivity index (χ1n) is 8.12. The molecule has 0 aromatic carbocycles. The fourth-order valence-corrected chi connectivity index (χ4v) is 3.52. The molecular formula is C16H22N6OS. The number of anilines is 2. The third-order valence-corrected chi connectivity index (χ3v) is 4.69. The predicted molar refractivity (Wildman–Crippen MR) is 95.9 cm³/mol. The number of carbonyl (C=O) groups is 1. The Kier molecular flexibility index (Phi) is 4.94. The van der Waals surface area contributed by atoms with Crippen molar-refractivity contribution in [3.8, 4) is 0 Å². The molecule has 128 valence electrons. The minimum atomic E-state index is 0.00472. The summed E-state index contributed by atoms with van der Waals surface area (Å²) in [5, 5.41) is 5.76. The van der Waals surface area contributed by atoms with Crippen LogP contribution >= 0.6 is 11.3 Å². The molecule has 3 rings (SSSR count). The molecule has 24 heavy (non-hydrogen) atoms. The van der Waals surface area contributed by atoms with Gasteiger partial charge < -0.3 is 15.1 Å². The van der Waals surface area contributed by atoms with Crippen LogP contribution in [0.15, 0.2) is 11.4 Å². The number of piperazine rings is 1. The summed E-state index contributed by atoms with van der Waals surface area (Å²) in [6, 6.07) is 1.99. The fourth-order valence-electron chi connectivity index (χ4n) is 2.76. The van der Waals surface area contributed by atoms with E-state index in [0.29, 0.717) is 18.8 Å². The molecule has 0 radical (unpaired) electrons. The lowest BCUT2D eigenvalue weighted by molar-refractivity contribution is 0.0741. The Bertz CT molecular complexity index is 703. The average Bonchev–Trinajstić information content (AvgIpc) is 3.02. The lowest BCUT2D eigenvalue weighted by Crippen LogP contribution is -2.49. The van der Waals surface area contributed by atoms with Crippen LogP contribution in [0.1, 0.15) is 28.9 Å². The largest absolute Gasteiger partial charge is 0.362 e. The van der Waals surface area contributed by atoms with Crippen molar-refractivity contribution < 1.29 is 4.79 Å². The number of amides is 1.